The van der Waals surface area contributed by atoms with Crippen LogP contribution in [-0.4, -0.2) is 14.5 Å². The molecule has 1 aromatic carbocycles. The summed E-state index contributed by atoms with van der Waals surface area (Å²) in [6.45, 7) is 4.02. The Labute approximate surface area is 121 Å². The molecule has 1 aliphatic rings. The van der Waals surface area contributed by atoms with E-state index in [0.717, 1.165) is 31.2 Å². The SMILES string of the molecule is CCC1CCCCC1NS(=O)(=O)c1ccc(C)cc1N. The van der Waals surface area contributed by atoms with Gasteiger partial charge in [-0.1, -0.05) is 32.3 Å². The van der Waals surface area contributed by atoms with Gasteiger partial charge in [0.25, 0.3) is 0 Å². The molecule has 1 saturated carbocycles. The first-order valence-corrected chi connectivity index (χ1v) is 8.81. The minimum Gasteiger partial charge on any atom is -0.398 e. The Bertz CT molecular complexity index is 569. The number of nitrogen functional groups attached to an aromatic ring is 1. The van der Waals surface area contributed by atoms with Crippen molar-refractivity contribution in [3.05, 3.63) is 23.8 Å². The van der Waals surface area contributed by atoms with E-state index >= 15 is 0 Å². The third kappa shape index (κ3) is 3.33. The standard InChI is InChI=1S/C15H24N2O2S/c1-3-12-6-4-5-7-14(12)17-20(18,19)15-9-8-11(2)10-13(15)16/h8-10,12,14,17H,3-7,16H2,1-2H3. The van der Waals surface area contributed by atoms with Crippen molar-refractivity contribution in [3.63, 3.8) is 0 Å². The molecule has 5 heteroatoms. The molecule has 0 heterocycles. The maximum Gasteiger partial charge on any atom is 0.242 e. The molecule has 3 N–H and O–H groups in total. The van der Waals surface area contributed by atoms with Crippen molar-refractivity contribution < 1.29 is 8.42 Å². The van der Waals surface area contributed by atoms with Crippen LogP contribution in [0.15, 0.2) is 23.1 Å². The maximum atomic E-state index is 12.5. The first-order valence-electron chi connectivity index (χ1n) is 7.32. The maximum absolute atomic E-state index is 12.5. The zero-order valence-corrected chi connectivity index (χ0v) is 13.0. The second-order valence-electron chi connectivity index (χ2n) is 5.72. The second-order valence-corrected chi connectivity index (χ2v) is 7.40. The minimum atomic E-state index is -3.53. The molecular weight excluding hydrogens is 272 g/mol. The highest BCUT2D eigenvalue weighted by molar-refractivity contribution is 7.89. The van der Waals surface area contributed by atoms with E-state index in [4.69, 9.17) is 5.73 Å². The summed E-state index contributed by atoms with van der Waals surface area (Å²) in [4.78, 5) is 0.198. The van der Waals surface area contributed by atoms with Crippen molar-refractivity contribution in [2.75, 3.05) is 5.73 Å². The monoisotopic (exact) mass is 296 g/mol. The van der Waals surface area contributed by atoms with Crippen LogP contribution < -0.4 is 10.5 Å². The van der Waals surface area contributed by atoms with Crippen molar-refractivity contribution >= 4 is 15.7 Å². The van der Waals surface area contributed by atoms with E-state index in [2.05, 4.69) is 11.6 Å². The minimum absolute atomic E-state index is 0.0412. The third-order valence-corrected chi connectivity index (χ3v) is 5.76. The molecule has 0 aliphatic heterocycles. The molecule has 1 aromatic rings. The molecule has 2 rings (SSSR count). The average molecular weight is 296 g/mol. The molecule has 0 radical (unpaired) electrons. The van der Waals surface area contributed by atoms with Crippen molar-refractivity contribution in [3.8, 4) is 0 Å². The van der Waals surface area contributed by atoms with Gasteiger partial charge in [-0.05, 0) is 43.4 Å². The average Bonchev–Trinajstić information content (AvgIpc) is 2.38. The lowest BCUT2D eigenvalue weighted by atomic mass is 9.83. The second kappa shape index (κ2) is 6.14. The smallest absolute Gasteiger partial charge is 0.242 e. The normalized spacial score (nSPS) is 23.7. The molecule has 0 spiro atoms. The number of sulfonamides is 1. The van der Waals surface area contributed by atoms with Gasteiger partial charge in [-0.25, -0.2) is 13.1 Å². The van der Waals surface area contributed by atoms with Gasteiger partial charge in [0.1, 0.15) is 4.90 Å². The van der Waals surface area contributed by atoms with Crippen LogP contribution in [0.25, 0.3) is 0 Å². The van der Waals surface area contributed by atoms with Crippen LogP contribution in [0.2, 0.25) is 0 Å². The fourth-order valence-corrected chi connectivity index (χ4v) is 4.48. The first kappa shape index (κ1) is 15.3. The molecule has 1 aliphatic carbocycles. The van der Waals surface area contributed by atoms with Crippen LogP contribution in [0.3, 0.4) is 0 Å². The van der Waals surface area contributed by atoms with E-state index in [1.54, 1.807) is 18.2 Å². The predicted octanol–water partition coefficient (Wildman–Crippen LogP) is 2.82. The van der Waals surface area contributed by atoms with E-state index in [1.807, 2.05) is 6.92 Å². The van der Waals surface area contributed by atoms with Gasteiger partial charge < -0.3 is 5.73 Å². The summed E-state index contributed by atoms with van der Waals surface area (Å²) in [5, 5.41) is 0. The Morgan fingerprint density at radius 1 is 1.30 bits per heavy atom. The van der Waals surface area contributed by atoms with E-state index < -0.39 is 10.0 Å². The summed E-state index contributed by atoms with van der Waals surface area (Å²) in [6, 6.07) is 5.12. The number of hydrogen-bond acceptors (Lipinski definition) is 3. The van der Waals surface area contributed by atoms with E-state index in [1.165, 1.54) is 6.42 Å². The van der Waals surface area contributed by atoms with Gasteiger partial charge >= 0.3 is 0 Å². The topological polar surface area (TPSA) is 72.2 Å². The van der Waals surface area contributed by atoms with Gasteiger partial charge in [-0.15, -0.1) is 0 Å². The zero-order chi connectivity index (χ0) is 14.8. The summed E-state index contributed by atoms with van der Waals surface area (Å²) >= 11 is 0. The van der Waals surface area contributed by atoms with Gasteiger partial charge in [0.2, 0.25) is 10.0 Å². The van der Waals surface area contributed by atoms with Crippen molar-refractivity contribution in [2.45, 2.75) is 56.9 Å². The van der Waals surface area contributed by atoms with E-state index in [-0.39, 0.29) is 10.9 Å². The summed E-state index contributed by atoms with van der Waals surface area (Å²) in [5.74, 6) is 0.435. The lowest BCUT2D eigenvalue weighted by Gasteiger charge is -2.31. The molecule has 0 amide bonds. The zero-order valence-electron chi connectivity index (χ0n) is 12.2. The quantitative estimate of drug-likeness (QED) is 0.839. The van der Waals surface area contributed by atoms with Crippen molar-refractivity contribution in [1.82, 2.24) is 4.72 Å². The number of benzene rings is 1. The Morgan fingerprint density at radius 3 is 2.65 bits per heavy atom. The summed E-state index contributed by atoms with van der Waals surface area (Å²) in [5.41, 5.74) is 7.14. The highest BCUT2D eigenvalue weighted by Gasteiger charge is 2.29. The Kier molecular flexibility index (Phi) is 4.70. The number of hydrogen-bond donors (Lipinski definition) is 2. The lowest BCUT2D eigenvalue weighted by molar-refractivity contribution is 0.282. The molecule has 20 heavy (non-hydrogen) atoms. The fourth-order valence-electron chi connectivity index (χ4n) is 3.03. The van der Waals surface area contributed by atoms with E-state index in [0.29, 0.717) is 11.6 Å². The largest absolute Gasteiger partial charge is 0.398 e. The molecule has 0 saturated heterocycles. The van der Waals surface area contributed by atoms with Crippen molar-refractivity contribution in [2.24, 2.45) is 5.92 Å². The number of rotatable bonds is 4. The first-order chi connectivity index (χ1) is 9.44. The Hall–Kier alpha value is -1.07. The highest BCUT2D eigenvalue weighted by atomic mass is 32.2. The van der Waals surface area contributed by atoms with E-state index in [9.17, 15) is 8.42 Å². The van der Waals surface area contributed by atoms with Crippen LogP contribution in [-0.2, 0) is 10.0 Å². The summed E-state index contributed by atoms with van der Waals surface area (Å²) in [7, 11) is -3.53. The van der Waals surface area contributed by atoms with Crippen molar-refractivity contribution in [1.29, 1.82) is 0 Å². The number of aryl methyl sites for hydroxylation is 1. The molecule has 2 unspecified atom stereocenters. The Balaban J connectivity index is 2.22. The number of nitrogens with one attached hydrogen (secondary N) is 1. The predicted molar refractivity (Wildman–Crippen MR) is 81.9 cm³/mol. The summed E-state index contributed by atoms with van der Waals surface area (Å²) < 4.78 is 27.9. The molecular formula is C15H24N2O2S. The number of anilines is 1. The third-order valence-electron chi connectivity index (χ3n) is 4.19. The Morgan fingerprint density at radius 2 is 2.00 bits per heavy atom. The molecule has 0 aromatic heterocycles. The highest BCUT2D eigenvalue weighted by Crippen LogP contribution is 2.29. The molecule has 112 valence electrons. The number of nitrogens with two attached hydrogens (primary N) is 1. The lowest BCUT2D eigenvalue weighted by Crippen LogP contribution is -2.42. The van der Waals surface area contributed by atoms with Gasteiger partial charge in [0.15, 0.2) is 0 Å². The van der Waals surface area contributed by atoms with Gasteiger partial charge in [-0.3, -0.25) is 0 Å². The summed E-state index contributed by atoms with van der Waals surface area (Å²) in [6.07, 6.45) is 5.32. The van der Waals surface area contributed by atoms with Crippen LogP contribution >= 0.6 is 0 Å². The van der Waals surface area contributed by atoms with Gasteiger partial charge in [-0.2, -0.15) is 0 Å². The van der Waals surface area contributed by atoms with Crippen LogP contribution in [0.1, 0.15) is 44.6 Å². The van der Waals surface area contributed by atoms with Gasteiger partial charge in [0, 0.05) is 6.04 Å². The van der Waals surface area contributed by atoms with Gasteiger partial charge in [0.05, 0.1) is 5.69 Å². The van der Waals surface area contributed by atoms with Crippen LogP contribution in [0.5, 0.6) is 0 Å². The molecule has 0 bridgehead atoms. The molecule has 1 fully saturated rings. The van der Waals surface area contributed by atoms with Crippen LogP contribution in [0, 0.1) is 12.8 Å². The molecule has 4 nitrogen and oxygen atoms in total. The van der Waals surface area contributed by atoms with Crippen LogP contribution in [0.4, 0.5) is 5.69 Å². The molecule has 2 atom stereocenters. The fraction of sp³-hybridized carbons (Fsp3) is 0.600.